The summed E-state index contributed by atoms with van der Waals surface area (Å²) in [6.07, 6.45) is 8.34. The minimum absolute atomic E-state index is 0.211. The molecule has 2 aliphatic heterocycles. The summed E-state index contributed by atoms with van der Waals surface area (Å²) in [5, 5.41) is 1.16. The van der Waals surface area contributed by atoms with Crippen LogP contribution in [0.3, 0.4) is 0 Å². The summed E-state index contributed by atoms with van der Waals surface area (Å²) in [6.45, 7) is 15.9. The molecule has 1 saturated carbocycles. The molecule has 2 heterocycles. The summed E-state index contributed by atoms with van der Waals surface area (Å²) in [4.78, 5) is 9.11. The number of thioether (sulfide) groups is 1. The molecular formula is C15H19N3OS. The lowest BCUT2D eigenvalue weighted by molar-refractivity contribution is 0.155. The molecule has 0 radical (unpaired) electrons. The SMILES string of the molecule is [C-]#[N+]C(=CCC1SC2CCCCC2N1CC1CO1)[N+]#[C-]. The Bertz CT molecular complexity index is 458. The Morgan fingerprint density at radius 3 is 2.75 bits per heavy atom. The van der Waals surface area contributed by atoms with Gasteiger partial charge in [0.05, 0.1) is 18.1 Å². The molecule has 106 valence electrons. The molecule has 5 heteroatoms. The van der Waals surface area contributed by atoms with Crippen molar-refractivity contribution in [3.05, 3.63) is 34.7 Å². The second-order valence-corrected chi connectivity index (χ2v) is 7.08. The van der Waals surface area contributed by atoms with Gasteiger partial charge < -0.3 is 4.74 Å². The van der Waals surface area contributed by atoms with Crippen LogP contribution in [0.4, 0.5) is 0 Å². The van der Waals surface area contributed by atoms with E-state index in [1.165, 1.54) is 25.7 Å². The van der Waals surface area contributed by atoms with Crippen LogP contribution in [0, 0.1) is 13.1 Å². The molecule has 2 saturated heterocycles. The fourth-order valence-corrected chi connectivity index (χ4v) is 5.07. The van der Waals surface area contributed by atoms with Crippen molar-refractivity contribution < 1.29 is 4.74 Å². The predicted molar refractivity (Wildman–Crippen MR) is 79.8 cm³/mol. The molecule has 0 aromatic carbocycles. The van der Waals surface area contributed by atoms with Crippen LogP contribution < -0.4 is 0 Å². The molecule has 0 aromatic heterocycles. The molecule has 3 aliphatic rings. The van der Waals surface area contributed by atoms with Crippen molar-refractivity contribution in [1.82, 2.24) is 4.90 Å². The topological polar surface area (TPSA) is 24.5 Å². The molecule has 0 aromatic rings. The van der Waals surface area contributed by atoms with E-state index in [1.807, 2.05) is 6.08 Å². The van der Waals surface area contributed by atoms with Crippen molar-refractivity contribution in [2.45, 2.75) is 54.9 Å². The van der Waals surface area contributed by atoms with Gasteiger partial charge in [-0.3, -0.25) is 4.90 Å². The first-order valence-corrected chi connectivity index (χ1v) is 8.24. The Hall–Kier alpha value is -1.01. The zero-order valence-corrected chi connectivity index (χ0v) is 12.3. The molecular weight excluding hydrogens is 270 g/mol. The Balaban J connectivity index is 1.69. The number of nitrogens with zero attached hydrogens (tertiary/aromatic N) is 3. The van der Waals surface area contributed by atoms with E-state index in [9.17, 15) is 0 Å². The van der Waals surface area contributed by atoms with Gasteiger partial charge in [0.25, 0.3) is 0 Å². The van der Waals surface area contributed by atoms with Gasteiger partial charge in [-0.15, -0.1) is 11.8 Å². The number of rotatable bonds is 4. The highest BCUT2D eigenvalue weighted by atomic mass is 32.2. The maximum atomic E-state index is 6.97. The lowest BCUT2D eigenvalue weighted by Crippen LogP contribution is -2.42. The Morgan fingerprint density at radius 2 is 2.05 bits per heavy atom. The minimum Gasteiger partial charge on any atom is -0.372 e. The van der Waals surface area contributed by atoms with E-state index in [0.717, 1.165) is 24.8 Å². The summed E-state index contributed by atoms with van der Waals surface area (Å²) < 4.78 is 5.40. The van der Waals surface area contributed by atoms with Gasteiger partial charge >= 0.3 is 5.82 Å². The second-order valence-electron chi connectivity index (χ2n) is 5.65. The Labute approximate surface area is 124 Å². The number of ether oxygens (including phenoxy) is 1. The van der Waals surface area contributed by atoms with E-state index < -0.39 is 0 Å². The van der Waals surface area contributed by atoms with Gasteiger partial charge in [-0.1, -0.05) is 12.8 Å². The summed E-state index contributed by atoms with van der Waals surface area (Å²) in [7, 11) is 0. The third-order valence-corrected chi connectivity index (χ3v) is 6.02. The van der Waals surface area contributed by atoms with Crippen LogP contribution in [-0.4, -0.2) is 40.8 Å². The molecule has 4 unspecified atom stereocenters. The van der Waals surface area contributed by atoms with Gasteiger partial charge in [-0.25, -0.2) is 0 Å². The highest BCUT2D eigenvalue weighted by Gasteiger charge is 2.44. The van der Waals surface area contributed by atoms with Crippen LogP contribution in [0.5, 0.6) is 0 Å². The van der Waals surface area contributed by atoms with Crippen LogP contribution in [0.15, 0.2) is 11.9 Å². The maximum absolute atomic E-state index is 6.97. The molecule has 4 atom stereocenters. The monoisotopic (exact) mass is 289 g/mol. The lowest BCUT2D eigenvalue weighted by Gasteiger charge is -2.32. The molecule has 0 spiro atoms. The summed E-state index contributed by atoms with van der Waals surface area (Å²) in [6, 6.07) is 0.681. The Kier molecular flexibility index (Phi) is 4.31. The molecule has 3 rings (SSSR count). The molecule has 20 heavy (non-hydrogen) atoms. The van der Waals surface area contributed by atoms with Crippen molar-refractivity contribution in [1.29, 1.82) is 0 Å². The van der Waals surface area contributed by atoms with Crippen molar-refractivity contribution in [2.75, 3.05) is 13.2 Å². The van der Waals surface area contributed by atoms with Crippen LogP contribution in [-0.2, 0) is 4.74 Å². The van der Waals surface area contributed by atoms with Crippen LogP contribution >= 0.6 is 11.8 Å². The maximum Gasteiger partial charge on any atom is 0.515 e. The summed E-state index contributed by atoms with van der Waals surface area (Å²) >= 11 is 2.06. The zero-order chi connectivity index (χ0) is 13.9. The highest BCUT2D eigenvalue weighted by Crippen LogP contribution is 2.45. The van der Waals surface area contributed by atoms with E-state index >= 15 is 0 Å². The lowest BCUT2D eigenvalue weighted by atomic mass is 9.93. The van der Waals surface area contributed by atoms with E-state index in [-0.39, 0.29) is 5.82 Å². The number of hydrogen-bond donors (Lipinski definition) is 0. The van der Waals surface area contributed by atoms with E-state index in [4.69, 9.17) is 17.9 Å². The first kappa shape index (κ1) is 13.9. The van der Waals surface area contributed by atoms with E-state index in [0.29, 0.717) is 17.5 Å². The summed E-state index contributed by atoms with van der Waals surface area (Å²) in [5.41, 5.74) is 0. The normalized spacial score (nSPS) is 35.7. The average molecular weight is 289 g/mol. The quantitative estimate of drug-likeness (QED) is 0.587. The van der Waals surface area contributed by atoms with Gasteiger partial charge in [0.2, 0.25) is 0 Å². The molecule has 1 aliphatic carbocycles. The van der Waals surface area contributed by atoms with Crippen molar-refractivity contribution in [3.63, 3.8) is 0 Å². The van der Waals surface area contributed by atoms with Crippen LogP contribution in [0.25, 0.3) is 9.69 Å². The summed E-state index contributed by atoms with van der Waals surface area (Å²) in [5.74, 6) is 0.211. The predicted octanol–water partition coefficient (Wildman–Crippen LogP) is 3.14. The van der Waals surface area contributed by atoms with Crippen molar-refractivity contribution in [3.8, 4) is 0 Å². The van der Waals surface area contributed by atoms with E-state index in [2.05, 4.69) is 26.4 Å². The third-order valence-electron chi connectivity index (χ3n) is 4.34. The molecule has 0 N–H and O–H groups in total. The first-order valence-electron chi connectivity index (χ1n) is 7.29. The average Bonchev–Trinajstić information content (AvgIpc) is 3.23. The zero-order valence-electron chi connectivity index (χ0n) is 11.5. The fraction of sp³-hybridized carbons (Fsp3) is 0.733. The number of fused-ring (bicyclic) bond motifs is 1. The van der Waals surface area contributed by atoms with Gasteiger partial charge in [0, 0.05) is 23.9 Å². The highest BCUT2D eigenvalue weighted by molar-refractivity contribution is 8.00. The van der Waals surface area contributed by atoms with Gasteiger partial charge in [-0.2, -0.15) is 9.69 Å². The second kappa shape index (κ2) is 6.18. The number of hydrogen-bond acceptors (Lipinski definition) is 3. The van der Waals surface area contributed by atoms with Crippen molar-refractivity contribution in [2.24, 2.45) is 0 Å². The van der Waals surface area contributed by atoms with Crippen LogP contribution in [0.2, 0.25) is 0 Å². The third kappa shape index (κ3) is 3.01. The standard InChI is InChI=1S/C15H19N3OS/c1-16-14(17-2)7-8-15-18(9-11-10-19-11)12-5-3-4-6-13(12)20-15/h7,11-13,15H,3-6,8-10H2. The molecule has 0 bridgehead atoms. The molecule has 3 fully saturated rings. The molecule has 4 nitrogen and oxygen atoms in total. The van der Waals surface area contributed by atoms with Gasteiger partial charge in [0.1, 0.15) is 13.1 Å². The molecule has 0 amide bonds. The Morgan fingerprint density at radius 1 is 1.30 bits per heavy atom. The van der Waals surface area contributed by atoms with Gasteiger partial charge in [-0.05, 0) is 19.3 Å². The van der Waals surface area contributed by atoms with Crippen molar-refractivity contribution >= 4 is 11.8 Å². The fourth-order valence-electron chi connectivity index (χ4n) is 3.28. The van der Waals surface area contributed by atoms with Crippen LogP contribution in [0.1, 0.15) is 32.1 Å². The minimum atomic E-state index is 0.211. The van der Waals surface area contributed by atoms with Gasteiger partial charge in [0.15, 0.2) is 0 Å². The smallest absolute Gasteiger partial charge is 0.372 e. The van der Waals surface area contributed by atoms with E-state index in [1.54, 1.807) is 0 Å². The first-order chi connectivity index (χ1) is 9.81. The number of epoxide rings is 1. The largest absolute Gasteiger partial charge is 0.515 e.